The third-order valence-corrected chi connectivity index (χ3v) is 7.25. The number of likely N-dealkylation sites (tertiary alicyclic amines) is 1. The van der Waals surface area contributed by atoms with Crippen LogP contribution in [0.2, 0.25) is 0 Å². The Hall–Kier alpha value is -2.65. The lowest BCUT2D eigenvalue weighted by atomic mass is 9.97. The van der Waals surface area contributed by atoms with Gasteiger partial charge in [-0.3, -0.25) is 9.69 Å². The lowest BCUT2D eigenvalue weighted by molar-refractivity contribution is -0.147. The highest BCUT2D eigenvalue weighted by Gasteiger charge is 2.34. The molecule has 0 aliphatic carbocycles. The fraction of sp³-hybridized carbons (Fsp3) is 0.520. The van der Waals surface area contributed by atoms with Crippen LogP contribution in [0.4, 0.5) is 19.0 Å². The van der Waals surface area contributed by atoms with Gasteiger partial charge in [-0.1, -0.05) is 24.3 Å². The van der Waals surface area contributed by atoms with Crippen LogP contribution in [-0.4, -0.2) is 72.1 Å². The number of fused-ring (bicyclic) bond motifs is 1. The van der Waals surface area contributed by atoms with Gasteiger partial charge in [0.05, 0.1) is 12.2 Å². The van der Waals surface area contributed by atoms with Crippen molar-refractivity contribution in [1.82, 2.24) is 14.8 Å². The zero-order valence-electron chi connectivity index (χ0n) is 19.0. The lowest BCUT2D eigenvalue weighted by Gasteiger charge is -2.43. The summed E-state index contributed by atoms with van der Waals surface area (Å²) in [7, 11) is 0. The molecule has 0 spiro atoms. The SMILES string of the molecule is O=C([C@H]1Cc2ccccc2CO1)N1CCC(N2CCN(c3ccc(C(F)(F)F)cn3)CC2)CC1. The number of anilines is 1. The monoisotopic (exact) mass is 474 g/mol. The summed E-state index contributed by atoms with van der Waals surface area (Å²) in [5, 5.41) is 0. The Labute approximate surface area is 197 Å². The van der Waals surface area contributed by atoms with Crippen molar-refractivity contribution in [2.45, 2.75) is 44.2 Å². The lowest BCUT2D eigenvalue weighted by Crippen LogP contribution is -2.55. The number of pyridine rings is 1. The van der Waals surface area contributed by atoms with Crippen molar-refractivity contribution in [3.63, 3.8) is 0 Å². The van der Waals surface area contributed by atoms with E-state index < -0.39 is 17.8 Å². The van der Waals surface area contributed by atoms with Crippen LogP contribution in [0.5, 0.6) is 0 Å². The highest BCUT2D eigenvalue weighted by Crippen LogP contribution is 2.30. The van der Waals surface area contributed by atoms with Gasteiger partial charge in [-0.05, 0) is 36.1 Å². The summed E-state index contributed by atoms with van der Waals surface area (Å²) >= 11 is 0. The number of piperidine rings is 1. The molecule has 2 aromatic rings. The second-order valence-electron chi connectivity index (χ2n) is 9.25. The molecule has 6 nitrogen and oxygen atoms in total. The molecule has 1 atom stereocenters. The van der Waals surface area contributed by atoms with Crippen molar-refractivity contribution in [3.8, 4) is 0 Å². The average Bonchev–Trinajstić information content (AvgIpc) is 2.88. The van der Waals surface area contributed by atoms with Crippen LogP contribution in [0.25, 0.3) is 0 Å². The van der Waals surface area contributed by atoms with Gasteiger partial charge < -0.3 is 14.5 Å². The van der Waals surface area contributed by atoms with Gasteiger partial charge in [0.2, 0.25) is 0 Å². The van der Waals surface area contributed by atoms with E-state index in [9.17, 15) is 18.0 Å². The molecule has 2 fully saturated rings. The number of nitrogens with zero attached hydrogens (tertiary/aromatic N) is 4. The maximum atomic E-state index is 13.0. The first-order valence-electron chi connectivity index (χ1n) is 11.9. The molecule has 0 unspecified atom stereocenters. The van der Waals surface area contributed by atoms with Gasteiger partial charge in [-0.15, -0.1) is 0 Å². The van der Waals surface area contributed by atoms with Crippen molar-refractivity contribution >= 4 is 11.7 Å². The highest BCUT2D eigenvalue weighted by atomic mass is 19.4. The number of benzene rings is 1. The first-order valence-corrected chi connectivity index (χ1v) is 11.9. The third-order valence-electron chi connectivity index (χ3n) is 7.25. The Kier molecular flexibility index (Phi) is 6.48. The minimum absolute atomic E-state index is 0.0890. The largest absolute Gasteiger partial charge is 0.417 e. The number of carbonyl (C=O) groups is 1. The zero-order chi connectivity index (χ0) is 23.7. The maximum absolute atomic E-state index is 13.0. The first-order chi connectivity index (χ1) is 16.4. The molecule has 1 aromatic heterocycles. The summed E-state index contributed by atoms with van der Waals surface area (Å²) in [5.74, 6) is 0.674. The minimum Gasteiger partial charge on any atom is -0.363 e. The van der Waals surface area contributed by atoms with Crippen molar-refractivity contribution in [3.05, 3.63) is 59.3 Å². The summed E-state index contributed by atoms with van der Waals surface area (Å²) in [6, 6.07) is 11.1. The number of piperazine rings is 1. The van der Waals surface area contributed by atoms with Gasteiger partial charge in [0, 0.05) is 57.9 Å². The fourth-order valence-electron chi connectivity index (χ4n) is 5.22. The van der Waals surface area contributed by atoms with Crippen molar-refractivity contribution < 1.29 is 22.7 Å². The number of aromatic nitrogens is 1. The third kappa shape index (κ3) is 4.90. The van der Waals surface area contributed by atoms with Gasteiger partial charge in [0.25, 0.3) is 5.91 Å². The van der Waals surface area contributed by atoms with E-state index in [0.717, 1.165) is 69.9 Å². The maximum Gasteiger partial charge on any atom is 0.417 e. The molecule has 34 heavy (non-hydrogen) atoms. The second kappa shape index (κ2) is 9.54. The van der Waals surface area contributed by atoms with Crippen molar-refractivity contribution in [2.24, 2.45) is 0 Å². The Morgan fingerprint density at radius 1 is 0.941 bits per heavy atom. The molecule has 4 heterocycles. The number of hydrogen-bond donors (Lipinski definition) is 0. The van der Waals surface area contributed by atoms with Crippen LogP contribution >= 0.6 is 0 Å². The Bertz CT molecular complexity index is 998. The van der Waals surface area contributed by atoms with E-state index in [1.165, 1.54) is 11.6 Å². The summed E-state index contributed by atoms with van der Waals surface area (Å²) in [4.78, 5) is 23.5. The summed E-state index contributed by atoms with van der Waals surface area (Å²) in [6.45, 7) is 5.08. The minimum atomic E-state index is -4.37. The van der Waals surface area contributed by atoms with Crippen LogP contribution in [0.3, 0.4) is 0 Å². The summed E-state index contributed by atoms with van der Waals surface area (Å²) in [6.07, 6.45) is -1.38. The van der Waals surface area contributed by atoms with Crippen molar-refractivity contribution in [1.29, 1.82) is 0 Å². The normalized spacial score (nSPS) is 22.5. The van der Waals surface area contributed by atoms with Crippen molar-refractivity contribution in [2.75, 3.05) is 44.2 Å². The Balaban J connectivity index is 1.09. The molecular weight excluding hydrogens is 445 g/mol. The molecule has 5 rings (SSSR count). The number of alkyl halides is 3. The number of ether oxygens (including phenoxy) is 1. The molecule has 3 aliphatic heterocycles. The van der Waals surface area contributed by atoms with Gasteiger partial charge in [-0.25, -0.2) is 4.98 Å². The number of hydrogen-bond acceptors (Lipinski definition) is 5. The molecule has 0 saturated carbocycles. The molecule has 1 aromatic carbocycles. The summed E-state index contributed by atoms with van der Waals surface area (Å²) < 4.78 is 44.2. The molecule has 0 N–H and O–H groups in total. The average molecular weight is 475 g/mol. The second-order valence-corrected chi connectivity index (χ2v) is 9.25. The van der Waals surface area contributed by atoms with E-state index >= 15 is 0 Å². The number of rotatable bonds is 3. The number of amides is 1. The molecule has 1 amide bonds. The Morgan fingerprint density at radius 3 is 2.29 bits per heavy atom. The topological polar surface area (TPSA) is 48.9 Å². The fourth-order valence-corrected chi connectivity index (χ4v) is 5.22. The van der Waals surface area contributed by atoms with E-state index in [4.69, 9.17) is 4.74 Å². The molecule has 9 heteroatoms. The number of carbonyl (C=O) groups excluding carboxylic acids is 1. The quantitative estimate of drug-likeness (QED) is 0.683. The Morgan fingerprint density at radius 2 is 1.65 bits per heavy atom. The predicted molar refractivity (Wildman–Crippen MR) is 121 cm³/mol. The molecule has 0 bridgehead atoms. The van der Waals surface area contributed by atoms with Gasteiger partial charge >= 0.3 is 6.18 Å². The smallest absolute Gasteiger partial charge is 0.363 e. The molecule has 2 saturated heterocycles. The van der Waals surface area contributed by atoms with Gasteiger partial charge in [0.15, 0.2) is 0 Å². The van der Waals surface area contributed by atoms with E-state index in [1.54, 1.807) is 0 Å². The van der Waals surface area contributed by atoms with Crippen LogP contribution in [0.15, 0.2) is 42.6 Å². The molecule has 3 aliphatic rings. The molecule has 0 radical (unpaired) electrons. The van der Waals surface area contributed by atoms with Crippen LogP contribution in [0, 0.1) is 0 Å². The van der Waals surface area contributed by atoms with Crippen LogP contribution in [-0.2, 0) is 28.7 Å². The standard InChI is InChI=1S/C25H29F3N4O2/c26-25(27,28)20-5-6-23(29-16-20)31-13-11-30(12-14-31)21-7-9-32(10-8-21)24(33)22-15-18-3-1-2-4-19(18)17-34-22/h1-6,16,21-22H,7-15,17H2/t22-/m1/s1. The highest BCUT2D eigenvalue weighted by molar-refractivity contribution is 5.81. The predicted octanol–water partition coefficient (Wildman–Crippen LogP) is 3.35. The van der Waals surface area contributed by atoms with Gasteiger partial charge in [-0.2, -0.15) is 13.2 Å². The van der Waals surface area contributed by atoms with E-state index in [0.29, 0.717) is 24.9 Å². The van der Waals surface area contributed by atoms with E-state index in [-0.39, 0.29) is 5.91 Å². The summed E-state index contributed by atoms with van der Waals surface area (Å²) in [5.41, 5.74) is 1.64. The molecular formula is C25H29F3N4O2. The van der Waals surface area contributed by atoms with E-state index in [2.05, 4.69) is 22.0 Å². The van der Waals surface area contributed by atoms with Crippen LogP contribution < -0.4 is 4.90 Å². The number of halogens is 3. The van der Waals surface area contributed by atoms with Crippen LogP contribution in [0.1, 0.15) is 29.5 Å². The molecule has 182 valence electrons. The van der Waals surface area contributed by atoms with E-state index in [1.807, 2.05) is 21.9 Å². The van der Waals surface area contributed by atoms with Gasteiger partial charge in [0.1, 0.15) is 11.9 Å². The first kappa shape index (κ1) is 23.1. The zero-order valence-corrected chi connectivity index (χ0v) is 19.0.